The van der Waals surface area contributed by atoms with E-state index in [1.54, 1.807) is 25.1 Å². The van der Waals surface area contributed by atoms with Crippen molar-refractivity contribution in [2.45, 2.75) is 38.0 Å². The molecule has 226 valence electrons. The highest BCUT2D eigenvalue weighted by atomic mass is 32.2. The summed E-state index contributed by atoms with van der Waals surface area (Å²) in [7, 11) is -3.85. The van der Waals surface area contributed by atoms with Crippen LogP contribution in [0.5, 0.6) is 0 Å². The monoisotopic (exact) mass is 604 g/mol. The Balaban J connectivity index is 1.34. The Morgan fingerprint density at radius 2 is 1.91 bits per heavy atom. The first-order valence-corrected chi connectivity index (χ1v) is 16.2. The van der Waals surface area contributed by atoms with E-state index >= 15 is 0 Å². The molecule has 0 radical (unpaired) electrons. The molecule has 0 aliphatic carbocycles. The average Bonchev–Trinajstić information content (AvgIpc) is 3.67. The van der Waals surface area contributed by atoms with Crippen molar-refractivity contribution in [3.8, 4) is 0 Å². The number of carbonyl (C=O) groups is 2. The summed E-state index contributed by atoms with van der Waals surface area (Å²) in [6.07, 6.45) is 3.78. The molecule has 4 heterocycles. The number of amides is 1. The fourth-order valence-electron chi connectivity index (χ4n) is 6.17. The third-order valence-electron chi connectivity index (χ3n) is 8.30. The molecule has 0 spiro atoms. The van der Waals surface area contributed by atoms with Crippen LogP contribution in [-0.2, 0) is 37.1 Å². The van der Waals surface area contributed by atoms with E-state index in [-0.39, 0.29) is 17.4 Å². The molecule has 3 aliphatic heterocycles. The summed E-state index contributed by atoms with van der Waals surface area (Å²) in [5.41, 5.74) is 5.63. The molecule has 3 aromatic rings. The van der Waals surface area contributed by atoms with Crippen LogP contribution in [0.4, 0.5) is 11.4 Å². The number of aromatic nitrogens is 1. The van der Waals surface area contributed by atoms with Crippen molar-refractivity contribution in [3.63, 3.8) is 0 Å². The van der Waals surface area contributed by atoms with Crippen LogP contribution in [0.2, 0.25) is 0 Å². The van der Waals surface area contributed by atoms with E-state index in [4.69, 9.17) is 9.47 Å². The Morgan fingerprint density at radius 1 is 1.12 bits per heavy atom. The van der Waals surface area contributed by atoms with Crippen molar-refractivity contribution in [2.24, 2.45) is 0 Å². The van der Waals surface area contributed by atoms with Crippen molar-refractivity contribution in [1.82, 2.24) is 9.88 Å². The summed E-state index contributed by atoms with van der Waals surface area (Å²) in [6, 6.07) is 12.2. The third kappa shape index (κ3) is 5.60. The number of fused-ring (bicyclic) bond motifs is 2. The summed E-state index contributed by atoms with van der Waals surface area (Å²) in [5.74, 6) is -0.738. The molecule has 1 amide bonds. The fraction of sp³-hybridized carbons (Fsp3) is 0.375. The summed E-state index contributed by atoms with van der Waals surface area (Å²) < 4.78 is 39.8. The normalized spacial score (nSPS) is 17.7. The molecule has 0 atom stereocenters. The number of rotatable bonds is 9. The minimum atomic E-state index is -3.85. The number of anilines is 2. The number of benzene rings is 2. The number of morpholine rings is 1. The molecule has 1 aromatic heterocycles. The lowest BCUT2D eigenvalue weighted by Crippen LogP contribution is -2.37. The lowest BCUT2D eigenvalue weighted by atomic mass is 10.00. The first-order valence-electron chi connectivity index (χ1n) is 14.7. The zero-order valence-electron chi connectivity index (χ0n) is 24.4. The molecule has 0 bridgehead atoms. The highest BCUT2D eigenvalue weighted by molar-refractivity contribution is 7.92. The molecule has 6 rings (SSSR count). The van der Waals surface area contributed by atoms with Crippen LogP contribution in [0.1, 0.15) is 51.8 Å². The van der Waals surface area contributed by atoms with Crippen LogP contribution in [-0.4, -0.2) is 76.2 Å². The number of aromatic amines is 1. The summed E-state index contributed by atoms with van der Waals surface area (Å²) >= 11 is 0. The Morgan fingerprint density at radius 3 is 2.70 bits per heavy atom. The number of carbonyl (C=O) groups excluding carboxylic acids is 2. The maximum Gasteiger partial charge on any atom is 0.340 e. The molecule has 0 unspecified atom stereocenters. The number of nitrogens with zero attached hydrogens (tertiary/aromatic N) is 2. The van der Waals surface area contributed by atoms with Crippen LogP contribution in [0.25, 0.3) is 11.6 Å². The molecule has 43 heavy (non-hydrogen) atoms. The van der Waals surface area contributed by atoms with Crippen molar-refractivity contribution >= 4 is 44.9 Å². The quantitative estimate of drug-likeness (QED) is 0.280. The maximum absolute atomic E-state index is 13.8. The molecular formula is C32H36N4O6S. The van der Waals surface area contributed by atoms with Gasteiger partial charge in [0.05, 0.1) is 41.5 Å². The van der Waals surface area contributed by atoms with Gasteiger partial charge >= 0.3 is 5.97 Å². The second-order valence-electron chi connectivity index (χ2n) is 11.0. The van der Waals surface area contributed by atoms with Gasteiger partial charge in [-0.15, -0.1) is 0 Å². The standard InChI is InChI=1S/C32H36N4O6S/c1-3-42-32(38)30-21(2)33-28(24(30)8-6-13-35-15-17-41-18-16-35)20-26-25-19-23(10-11-27(25)34-31(26)37)43(39,40)36-14-12-22-7-4-5-9-29(22)36/h4-5,7,9-11,19-20,33H,3,6,8,12-18H2,1-2H3,(H,34,37). The predicted octanol–water partition coefficient (Wildman–Crippen LogP) is 4.01. The van der Waals surface area contributed by atoms with Gasteiger partial charge in [-0.1, -0.05) is 18.2 Å². The van der Waals surface area contributed by atoms with Gasteiger partial charge in [0.15, 0.2) is 0 Å². The van der Waals surface area contributed by atoms with E-state index < -0.39 is 16.0 Å². The molecule has 1 fully saturated rings. The van der Waals surface area contributed by atoms with E-state index in [1.165, 1.54) is 10.4 Å². The van der Waals surface area contributed by atoms with E-state index in [9.17, 15) is 18.0 Å². The van der Waals surface area contributed by atoms with Gasteiger partial charge in [-0.2, -0.15) is 0 Å². The van der Waals surface area contributed by atoms with Gasteiger partial charge in [0.2, 0.25) is 0 Å². The van der Waals surface area contributed by atoms with Gasteiger partial charge in [-0.05, 0) is 81.1 Å². The van der Waals surface area contributed by atoms with Crippen molar-refractivity contribution in [1.29, 1.82) is 0 Å². The smallest absolute Gasteiger partial charge is 0.340 e. The third-order valence-corrected chi connectivity index (χ3v) is 10.1. The van der Waals surface area contributed by atoms with Gasteiger partial charge in [0.1, 0.15) is 0 Å². The molecule has 1 saturated heterocycles. The number of ether oxygens (including phenoxy) is 2. The van der Waals surface area contributed by atoms with Crippen LogP contribution >= 0.6 is 0 Å². The Hall–Kier alpha value is -3.93. The predicted molar refractivity (Wildman–Crippen MR) is 165 cm³/mol. The number of aryl methyl sites for hydroxylation is 1. The molecule has 11 heteroatoms. The van der Waals surface area contributed by atoms with E-state index in [1.807, 2.05) is 31.2 Å². The van der Waals surface area contributed by atoms with Crippen molar-refractivity contribution in [2.75, 3.05) is 55.6 Å². The van der Waals surface area contributed by atoms with Gasteiger partial charge in [-0.3, -0.25) is 14.0 Å². The number of nitrogens with one attached hydrogen (secondary N) is 2. The second-order valence-corrected chi connectivity index (χ2v) is 12.8. The lowest BCUT2D eigenvalue weighted by Gasteiger charge is -2.26. The molecule has 2 aromatic carbocycles. The summed E-state index contributed by atoms with van der Waals surface area (Å²) in [4.78, 5) is 32.0. The highest BCUT2D eigenvalue weighted by Crippen LogP contribution is 2.38. The molecular weight excluding hydrogens is 568 g/mol. The van der Waals surface area contributed by atoms with Crippen LogP contribution in [0, 0.1) is 6.92 Å². The zero-order valence-corrected chi connectivity index (χ0v) is 25.3. The first-order chi connectivity index (χ1) is 20.8. The SMILES string of the molecule is CCOC(=O)c1c(C)[nH]c(C=C2C(=O)Nc3ccc(S(=O)(=O)N4CCc5ccccc54)cc32)c1CCCN1CCOCC1. The topological polar surface area (TPSA) is 121 Å². The Kier molecular flexibility index (Phi) is 8.13. The zero-order chi connectivity index (χ0) is 30.1. The molecule has 10 nitrogen and oxygen atoms in total. The van der Waals surface area contributed by atoms with Crippen LogP contribution < -0.4 is 9.62 Å². The Bertz CT molecular complexity index is 1700. The van der Waals surface area contributed by atoms with Gasteiger partial charge in [0.25, 0.3) is 15.9 Å². The number of sulfonamides is 1. The largest absolute Gasteiger partial charge is 0.462 e. The highest BCUT2D eigenvalue weighted by Gasteiger charge is 2.33. The minimum Gasteiger partial charge on any atom is -0.462 e. The first kappa shape index (κ1) is 29.2. The number of para-hydroxylation sites is 1. The number of esters is 1. The van der Waals surface area contributed by atoms with E-state index in [0.29, 0.717) is 72.1 Å². The van der Waals surface area contributed by atoms with Gasteiger partial charge < -0.3 is 19.8 Å². The average molecular weight is 605 g/mol. The van der Waals surface area contributed by atoms with Gasteiger partial charge in [0, 0.05) is 42.3 Å². The fourth-order valence-corrected chi connectivity index (χ4v) is 7.70. The van der Waals surface area contributed by atoms with E-state index in [2.05, 4.69) is 15.2 Å². The number of hydrogen-bond acceptors (Lipinski definition) is 7. The van der Waals surface area contributed by atoms with Crippen LogP contribution in [0.3, 0.4) is 0 Å². The maximum atomic E-state index is 13.8. The van der Waals surface area contributed by atoms with Crippen LogP contribution in [0.15, 0.2) is 47.4 Å². The molecule has 3 aliphatic rings. The van der Waals surface area contributed by atoms with Crippen molar-refractivity contribution < 1.29 is 27.5 Å². The molecule has 2 N–H and O–H groups in total. The lowest BCUT2D eigenvalue weighted by molar-refractivity contribution is -0.110. The Labute approximate surface area is 251 Å². The molecule has 0 saturated carbocycles. The van der Waals surface area contributed by atoms with Crippen molar-refractivity contribution in [3.05, 3.63) is 76.1 Å². The second kappa shape index (κ2) is 12.0. The van der Waals surface area contributed by atoms with E-state index in [0.717, 1.165) is 37.2 Å². The number of hydrogen-bond donors (Lipinski definition) is 2. The minimum absolute atomic E-state index is 0.117. The number of H-pyrrole nitrogens is 1. The van der Waals surface area contributed by atoms with Gasteiger partial charge in [-0.25, -0.2) is 13.2 Å². The summed E-state index contributed by atoms with van der Waals surface area (Å²) in [6.45, 7) is 8.24. The summed E-state index contributed by atoms with van der Waals surface area (Å²) in [5, 5.41) is 2.86.